The fourth-order valence-electron chi connectivity index (χ4n) is 2.37. The van der Waals surface area contributed by atoms with Gasteiger partial charge in [0, 0.05) is 0 Å². The number of aromatic nitrogens is 1. The molecule has 0 spiro atoms. The molecule has 4 nitrogen and oxygen atoms in total. The number of hydrogen-bond acceptors (Lipinski definition) is 3. The molecule has 19 heavy (non-hydrogen) atoms. The molecule has 2 atom stereocenters. The van der Waals surface area contributed by atoms with E-state index >= 15 is 0 Å². The highest BCUT2D eigenvalue weighted by Gasteiger charge is 2.20. The first kappa shape index (κ1) is 14.3. The van der Waals surface area contributed by atoms with Crippen molar-refractivity contribution in [3.63, 3.8) is 0 Å². The van der Waals surface area contributed by atoms with Crippen molar-refractivity contribution in [3.8, 4) is 0 Å². The zero-order valence-corrected chi connectivity index (χ0v) is 11.8. The molecule has 2 rings (SSSR count). The smallest absolute Gasteiger partial charge is 0.250 e. The molecule has 1 saturated carbocycles. The van der Waals surface area contributed by atoms with Crippen molar-refractivity contribution in [1.82, 2.24) is 4.98 Å². The number of halogens is 1. The Morgan fingerprint density at radius 1 is 1.53 bits per heavy atom. The topological polar surface area (TPSA) is 51.2 Å². The molecule has 0 saturated heterocycles. The lowest BCUT2D eigenvalue weighted by molar-refractivity contribution is -0.123. The normalized spacial score (nSPS) is 23.1. The third-order valence-electron chi connectivity index (χ3n) is 3.35. The lowest BCUT2D eigenvalue weighted by atomic mass is 9.89. The van der Waals surface area contributed by atoms with Crippen molar-refractivity contribution in [2.45, 2.75) is 38.7 Å². The summed E-state index contributed by atoms with van der Waals surface area (Å²) in [6, 6.07) is 3.36. The van der Waals surface area contributed by atoms with Crippen LogP contribution in [0.3, 0.4) is 0 Å². The van der Waals surface area contributed by atoms with Gasteiger partial charge in [0.15, 0.2) is 0 Å². The van der Waals surface area contributed by atoms with Gasteiger partial charge in [0.1, 0.15) is 11.8 Å². The zero-order valence-electron chi connectivity index (χ0n) is 11.1. The van der Waals surface area contributed by atoms with E-state index in [0.29, 0.717) is 16.8 Å². The van der Waals surface area contributed by atoms with E-state index in [1.807, 2.05) is 0 Å². The van der Waals surface area contributed by atoms with E-state index in [0.717, 1.165) is 12.8 Å². The van der Waals surface area contributed by atoms with Crippen molar-refractivity contribution in [1.29, 1.82) is 0 Å². The Kier molecular flexibility index (Phi) is 5.16. The lowest BCUT2D eigenvalue weighted by Crippen LogP contribution is -2.26. The molecule has 1 fully saturated rings. The number of ether oxygens (including phenoxy) is 1. The second kappa shape index (κ2) is 6.87. The number of carbonyl (C=O) groups excluding carboxylic acids is 1. The summed E-state index contributed by atoms with van der Waals surface area (Å²) in [6.45, 7) is 2.33. The van der Waals surface area contributed by atoms with Gasteiger partial charge in [-0.3, -0.25) is 4.79 Å². The van der Waals surface area contributed by atoms with Crippen LogP contribution in [0.1, 0.15) is 32.6 Å². The van der Waals surface area contributed by atoms with Crippen LogP contribution in [-0.2, 0) is 9.53 Å². The number of amides is 1. The van der Waals surface area contributed by atoms with Crippen LogP contribution in [-0.4, -0.2) is 23.6 Å². The fourth-order valence-corrected chi connectivity index (χ4v) is 2.48. The van der Waals surface area contributed by atoms with Gasteiger partial charge >= 0.3 is 0 Å². The maximum atomic E-state index is 11.7. The standard InChI is InChI=1S/C14H19ClN2O2/c1-10-3-2-4-12(7-10)19-9-14(18)17-11-5-6-13(15)16-8-11/h5-6,8,10,12H,2-4,7,9H2,1H3,(H,17,18)/t10-,12-/m1/s1. The summed E-state index contributed by atoms with van der Waals surface area (Å²) in [4.78, 5) is 15.6. The van der Waals surface area contributed by atoms with E-state index in [1.165, 1.54) is 19.0 Å². The molecular formula is C14H19ClN2O2. The van der Waals surface area contributed by atoms with E-state index < -0.39 is 0 Å². The minimum Gasteiger partial charge on any atom is -0.368 e. The molecule has 0 bridgehead atoms. The highest BCUT2D eigenvalue weighted by Crippen LogP contribution is 2.25. The average Bonchev–Trinajstić information content (AvgIpc) is 2.39. The largest absolute Gasteiger partial charge is 0.368 e. The minimum absolute atomic E-state index is 0.0972. The van der Waals surface area contributed by atoms with Crippen molar-refractivity contribution >= 4 is 23.2 Å². The number of rotatable bonds is 4. The van der Waals surface area contributed by atoms with Crippen LogP contribution < -0.4 is 5.32 Å². The molecule has 1 aromatic rings. The third kappa shape index (κ3) is 4.80. The first-order valence-electron chi connectivity index (χ1n) is 6.66. The van der Waals surface area contributed by atoms with Crippen molar-refractivity contribution in [3.05, 3.63) is 23.5 Å². The summed E-state index contributed by atoms with van der Waals surface area (Å²) >= 11 is 5.68. The van der Waals surface area contributed by atoms with Gasteiger partial charge in [-0.15, -0.1) is 0 Å². The van der Waals surface area contributed by atoms with Gasteiger partial charge in [-0.25, -0.2) is 4.98 Å². The van der Waals surface area contributed by atoms with Crippen LogP contribution in [0.5, 0.6) is 0 Å². The molecule has 1 aliphatic carbocycles. The van der Waals surface area contributed by atoms with Crippen LogP contribution >= 0.6 is 11.6 Å². The molecule has 0 aliphatic heterocycles. The maximum absolute atomic E-state index is 11.7. The summed E-state index contributed by atoms with van der Waals surface area (Å²) in [5, 5.41) is 3.14. The molecular weight excluding hydrogens is 264 g/mol. The van der Waals surface area contributed by atoms with Crippen LogP contribution in [0, 0.1) is 5.92 Å². The molecule has 0 unspecified atom stereocenters. The van der Waals surface area contributed by atoms with E-state index in [1.54, 1.807) is 12.1 Å². The Morgan fingerprint density at radius 2 is 2.37 bits per heavy atom. The number of nitrogens with zero attached hydrogens (tertiary/aromatic N) is 1. The molecule has 1 N–H and O–H groups in total. The maximum Gasteiger partial charge on any atom is 0.250 e. The molecule has 5 heteroatoms. The fraction of sp³-hybridized carbons (Fsp3) is 0.571. The summed E-state index contributed by atoms with van der Waals surface area (Å²) < 4.78 is 5.65. The van der Waals surface area contributed by atoms with E-state index in [9.17, 15) is 4.79 Å². The summed E-state index contributed by atoms with van der Waals surface area (Å²) in [5.74, 6) is 0.546. The van der Waals surface area contributed by atoms with Crippen molar-refractivity contribution in [2.75, 3.05) is 11.9 Å². The Balaban J connectivity index is 1.73. The zero-order chi connectivity index (χ0) is 13.7. The molecule has 1 heterocycles. The summed E-state index contributed by atoms with van der Waals surface area (Å²) in [5.41, 5.74) is 0.634. The van der Waals surface area contributed by atoms with Crippen molar-refractivity contribution in [2.24, 2.45) is 5.92 Å². The highest BCUT2D eigenvalue weighted by molar-refractivity contribution is 6.29. The van der Waals surface area contributed by atoms with Gasteiger partial charge in [0.25, 0.3) is 0 Å². The molecule has 0 radical (unpaired) electrons. The minimum atomic E-state index is -0.151. The molecule has 1 amide bonds. The van der Waals surface area contributed by atoms with E-state index in [-0.39, 0.29) is 18.6 Å². The molecule has 0 aromatic carbocycles. The van der Waals surface area contributed by atoms with Gasteiger partial charge in [-0.2, -0.15) is 0 Å². The monoisotopic (exact) mass is 282 g/mol. The quantitative estimate of drug-likeness (QED) is 0.862. The van der Waals surface area contributed by atoms with Crippen LogP contribution in [0.2, 0.25) is 5.15 Å². The Hall–Kier alpha value is -1.13. The SMILES string of the molecule is C[C@@H]1CCC[C@@H](OCC(=O)Nc2ccc(Cl)nc2)C1. The second-order valence-electron chi connectivity index (χ2n) is 5.12. The van der Waals surface area contributed by atoms with Gasteiger partial charge < -0.3 is 10.1 Å². The number of nitrogens with one attached hydrogen (secondary N) is 1. The number of pyridine rings is 1. The predicted molar refractivity (Wildman–Crippen MR) is 75.2 cm³/mol. The first-order chi connectivity index (χ1) is 9.13. The van der Waals surface area contributed by atoms with E-state index in [4.69, 9.17) is 16.3 Å². The van der Waals surface area contributed by atoms with Crippen LogP contribution in [0.25, 0.3) is 0 Å². The van der Waals surface area contributed by atoms with Crippen LogP contribution in [0.15, 0.2) is 18.3 Å². The Bertz CT molecular complexity index is 422. The van der Waals surface area contributed by atoms with Gasteiger partial charge in [0.05, 0.1) is 18.0 Å². The predicted octanol–water partition coefficient (Wildman–Crippen LogP) is 3.27. The lowest BCUT2D eigenvalue weighted by Gasteiger charge is -2.26. The molecule has 1 aromatic heterocycles. The average molecular weight is 283 g/mol. The molecule has 1 aliphatic rings. The Morgan fingerprint density at radius 3 is 3.05 bits per heavy atom. The Labute approximate surface area is 118 Å². The summed E-state index contributed by atoms with van der Waals surface area (Å²) in [7, 11) is 0. The number of carbonyl (C=O) groups is 1. The van der Waals surface area contributed by atoms with Crippen LogP contribution in [0.4, 0.5) is 5.69 Å². The summed E-state index contributed by atoms with van der Waals surface area (Å²) in [6.07, 6.45) is 6.31. The number of anilines is 1. The second-order valence-corrected chi connectivity index (χ2v) is 5.51. The van der Waals surface area contributed by atoms with Gasteiger partial charge in [-0.1, -0.05) is 31.4 Å². The van der Waals surface area contributed by atoms with E-state index in [2.05, 4.69) is 17.2 Å². The highest BCUT2D eigenvalue weighted by atomic mass is 35.5. The van der Waals surface area contributed by atoms with Gasteiger partial charge in [-0.05, 0) is 30.9 Å². The van der Waals surface area contributed by atoms with Gasteiger partial charge in [0.2, 0.25) is 5.91 Å². The molecule has 104 valence electrons. The third-order valence-corrected chi connectivity index (χ3v) is 3.57. The number of hydrogen-bond donors (Lipinski definition) is 1. The first-order valence-corrected chi connectivity index (χ1v) is 7.04. The van der Waals surface area contributed by atoms with Crippen molar-refractivity contribution < 1.29 is 9.53 Å².